The molecule has 190 valence electrons. The molecule has 1 saturated heterocycles. The Morgan fingerprint density at radius 3 is 2.31 bits per heavy atom. The monoisotopic (exact) mass is 493 g/mol. The first-order chi connectivity index (χ1) is 16.4. The number of alkyl halides is 3. The van der Waals surface area contributed by atoms with E-state index in [0.29, 0.717) is 12.3 Å². The molecular formula is C26H30F3NO5. The van der Waals surface area contributed by atoms with Gasteiger partial charge in [0.1, 0.15) is 18.0 Å². The maximum Gasteiger partial charge on any atom is 0.417 e. The molecule has 3 rings (SSSR count). The zero-order chi connectivity index (χ0) is 25.8. The van der Waals surface area contributed by atoms with Crippen LogP contribution in [0.5, 0.6) is 5.75 Å². The Morgan fingerprint density at radius 1 is 1.03 bits per heavy atom. The molecule has 6 nitrogen and oxygen atoms in total. The van der Waals surface area contributed by atoms with Crippen LogP contribution in [-0.4, -0.2) is 48.9 Å². The Morgan fingerprint density at radius 2 is 1.71 bits per heavy atom. The van der Waals surface area contributed by atoms with Crippen molar-refractivity contribution < 1.29 is 37.0 Å². The predicted octanol–water partition coefficient (Wildman–Crippen LogP) is 6.33. The summed E-state index contributed by atoms with van der Waals surface area (Å²) in [5.74, 6) is -0.261. The maximum absolute atomic E-state index is 13.6. The molecule has 0 aliphatic carbocycles. The van der Waals surface area contributed by atoms with Crippen LogP contribution in [0, 0.1) is 0 Å². The molecule has 9 heteroatoms. The standard InChI is InChI=1S/C26H30F3NO5/c1-25(2,3)35-24(32)30-14-6-5-7-19(30)16-34-20-11-8-17(9-12-20)21-15-18(23(31)33-4)10-13-22(21)26(27,28)29/h8-13,15,19H,5-7,14,16H2,1-4H3. The number of nitrogens with zero attached hydrogens (tertiary/aromatic N) is 1. The van der Waals surface area contributed by atoms with Crippen molar-refractivity contribution in [2.75, 3.05) is 20.3 Å². The van der Waals surface area contributed by atoms with Crippen LogP contribution in [0.15, 0.2) is 42.5 Å². The first kappa shape index (κ1) is 26.4. The van der Waals surface area contributed by atoms with Crippen molar-refractivity contribution in [2.45, 2.75) is 57.9 Å². The van der Waals surface area contributed by atoms with Gasteiger partial charge in [-0.1, -0.05) is 12.1 Å². The van der Waals surface area contributed by atoms with Crippen molar-refractivity contribution in [3.05, 3.63) is 53.6 Å². The van der Waals surface area contributed by atoms with Gasteiger partial charge in [-0.3, -0.25) is 0 Å². The highest BCUT2D eigenvalue weighted by atomic mass is 19.4. The van der Waals surface area contributed by atoms with Gasteiger partial charge in [0.25, 0.3) is 0 Å². The number of halogens is 3. The number of ether oxygens (including phenoxy) is 3. The van der Waals surface area contributed by atoms with Crippen LogP contribution in [0.3, 0.4) is 0 Å². The van der Waals surface area contributed by atoms with Crippen LogP contribution >= 0.6 is 0 Å². The van der Waals surface area contributed by atoms with Gasteiger partial charge in [-0.2, -0.15) is 13.2 Å². The van der Waals surface area contributed by atoms with Crippen molar-refractivity contribution >= 4 is 12.1 Å². The molecule has 1 unspecified atom stereocenters. The van der Waals surface area contributed by atoms with Gasteiger partial charge in [0.05, 0.1) is 24.3 Å². The van der Waals surface area contributed by atoms with Crippen LogP contribution in [0.1, 0.15) is 56.0 Å². The van der Waals surface area contributed by atoms with E-state index in [1.807, 2.05) is 20.8 Å². The number of methoxy groups -OCH3 is 1. The number of likely N-dealkylation sites (tertiary alicyclic amines) is 1. The van der Waals surface area contributed by atoms with Gasteiger partial charge >= 0.3 is 18.2 Å². The number of hydrogen-bond acceptors (Lipinski definition) is 5. The molecule has 0 bridgehead atoms. The number of rotatable bonds is 5. The van der Waals surface area contributed by atoms with Gasteiger partial charge in [0, 0.05) is 6.54 Å². The van der Waals surface area contributed by atoms with Gasteiger partial charge in [-0.15, -0.1) is 0 Å². The van der Waals surface area contributed by atoms with Crippen LogP contribution in [0.25, 0.3) is 11.1 Å². The molecule has 0 spiro atoms. The first-order valence-electron chi connectivity index (χ1n) is 11.4. The summed E-state index contributed by atoms with van der Waals surface area (Å²) < 4.78 is 56.7. The molecular weight excluding hydrogens is 463 g/mol. The van der Waals surface area contributed by atoms with Crippen molar-refractivity contribution in [2.24, 2.45) is 0 Å². The number of hydrogen-bond donors (Lipinski definition) is 0. The normalized spacial score (nSPS) is 16.5. The molecule has 1 atom stereocenters. The quantitative estimate of drug-likeness (QED) is 0.456. The summed E-state index contributed by atoms with van der Waals surface area (Å²) in [6, 6.07) is 9.14. The van der Waals surface area contributed by atoms with E-state index in [2.05, 4.69) is 4.74 Å². The summed E-state index contributed by atoms with van der Waals surface area (Å²) in [5.41, 5.74) is -1.28. The van der Waals surface area contributed by atoms with Crippen LogP contribution in [-0.2, 0) is 15.7 Å². The third-order valence-corrected chi connectivity index (χ3v) is 5.61. The number of benzene rings is 2. The first-order valence-corrected chi connectivity index (χ1v) is 11.4. The summed E-state index contributed by atoms with van der Waals surface area (Å²) in [5, 5.41) is 0. The van der Waals surface area contributed by atoms with E-state index in [4.69, 9.17) is 9.47 Å². The minimum Gasteiger partial charge on any atom is -0.491 e. The number of carbonyl (C=O) groups is 2. The highest BCUT2D eigenvalue weighted by molar-refractivity contribution is 5.91. The fraction of sp³-hybridized carbons (Fsp3) is 0.462. The largest absolute Gasteiger partial charge is 0.491 e. The van der Waals surface area contributed by atoms with Gasteiger partial charge in [-0.05, 0) is 81.5 Å². The summed E-state index contributed by atoms with van der Waals surface area (Å²) in [4.78, 5) is 26.1. The lowest BCUT2D eigenvalue weighted by atomic mass is 9.96. The highest BCUT2D eigenvalue weighted by Gasteiger charge is 2.34. The topological polar surface area (TPSA) is 65.1 Å². The van der Waals surface area contributed by atoms with Gasteiger partial charge in [0.15, 0.2) is 0 Å². The maximum atomic E-state index is 13.6. The Labute approximate surface area is 203 Å². The molecule has 0 radical (unpaired) electrons. The third-order valence-electron chi connectivity index (χ3n) is 5.61. The van der Waals surface area contributed by atoms with Gasteiger partial charge < -0.3 is 19.1 Å². The summed E-state index contributed by atoms with van der Waals surface area (Å²) in [6.07, 6.45) is -2.36. The molecule has 1 aliphatic rings. The molecule has 2 aromatic carbocycles. The van der Waals surface area contributed by atoms with E-state index >= 15 is 0 Å². The second-order valence-electron chi connectivity index (χ2n) is 9.41. The number of esters is 1. The average Bonchev–Trinajstić information content (AvgIpc) is 2.80. The second-order valence-corrected chi connectivity index (χ2v) is 9.41. The molecule has 0 saturated carbocycles. The van der Waals surface area contributed by atoms with E-state index < -0.39 is 23.3 Å². The van der Waals surface area contributed by atoms with E-state index in [0.717, 1.165) is 31.4 Å². The van der Waals surface area contributed by atoms with Crippen LogP contribution in [0.2, 0.25) is 0 Å². The summed E-state index contributed by atoms with van der Waals surface area (Å²) >= 11 is 0. The van der Waals surface area contributed by atoms with Crippen molar-refractivity contribution in [1.82, 2.24) is 4.90 Å². The molecule has 1 fully saturated rings. The predicted molar refractivity (Wildman–Crippen MR) is 124 cm³/mol. The number of carbonyl (C=O) groups excluding carboxylic acids is 2. The SMILES string of the molecule is COC(=O)c1ccc(C(F)(F)F)c(-c2ccc(OCC3CCCCN3C(=O)OC(C)(C)C)cc2)c1. The molecule has 1 heterocycles. The van der Waals surface area contributed by atoms with Crippen molar-refractivity contribution in [1.29, 1.82) is 0 Å². The molecule has 1 aliphatic heterocycles. The number of piperidine rings is 1. The van der Waals surface area contributed by atoms with Crippen molar-refractivity contribution in [3.8, 4) is 16.9 Å². The Hall–Kier alpha value is -3.23. The Bertz CT molecular complexity index is 1040. The fourth-order valence-corrected chi connectivity index (χ4v) is 3.93. The molecule has 1 amide bonds. The molecule has 2 aromatic rings. The van der Waals surface area contributed by atoms with E-state index in [-0.39, 0.29) is 35.4 Å². The van der Waals surface area contributed by atoms with Crippen LogP contribution in [0.4, 0.5) is 18.0 Å². The zero-order valence-corrected chi connectivity index (χ0v) is 20.3. The highest BCUT2D eigenvalue weighted by Crippen LogP contribution is 2.38. The van der Waals surface area contributed by atoms with Crippen LogP contribution < -0.4 is 4.74 Å². The van der Waals surface area contributed by atoms with Gasteiger partial charge in [0.2, 0.25) is 0 Å². The smallest absolute Gasteiger partial charge is 0.417 e. The second kappa shape index (κ2) is 10.6. The fourth-order valence-electron chi connectivity index (χ4n) is 3.93. The lowest BCUT2D eigenvalue weighted by Gasteiger charge is -2.36. The van der Waals surface area contributed by atoms with Crippen molar-refractivity contribution in [3.63, 3.8) is 0 Å². The number of amides is 1. The van der Waals surface area contributed by atoms with E-state index in [1.165, 1.54) is 25.3 Å². The summed E-state index contributed by atoms with van der Waals surface area (Å²) in [7, 11) is 1.17. The van der Waals surface area contributed by atoms with E-state index in [1.54, 1.807) is 17.0 Å². The summed E-state index contributed by atoms with van der Waals surface area (Å²) in [6.45, 7) is 6.26. The minimum atomic E-state index is -4.59. The third kappa shape index (κ3) is 6.90. The minimum absolute atomic E-state index is 0.0235. The zero-order valence-electron chi connectivity index (χ0n) is 20.3. The lowest BCUT2D eigenvalue weighted by Crippen LogP contribution is -2.48. The lowest BCUT2D eigenvalue weighted by molar-refractivity contribution is -0.137. The Kier molecular flexibility index (Phi) is 7.97. The average molecular weight is 494 g/mol. The molecule has 0 aromatic heterocycles. The Balaban J connectivity index is 1.76. The van der Waals surface area contributed by atoms with E-state index in [9.17, 15) is 22.8 Å². The van der Waals surface area contributed by atoms with Gasteiger partial charge in [-0.25, -0.2) is 9.59 Å². The molecule has 0 N–H and O–H groups in total. The molecule has 35 heavy (non-hydrogen) atoms.